The van der Waals surface area contributed by atoms with Crippen molar-refractivity contribution in [3.63, 3.8) is 0 Å². The van der Waals surface area contributed by atoms with E-state index < -0.39 is 8.07 Å². The zero-order chi connectivity index (χ0) is 29.2. The van der Waals surface area contributed by atoms with E-state index in [1.807, 2.05) is 7.11 Å². The fourth-order valence-electron chi connectivity index (χ4n) is 8.04. The first kappa shape index (κ1) is 27.5. The summed E-state index contributed by atoms with van der Waals surface area (Å²) in [6, 6.07) is 25.2. The first-order valence-electron chi connectivity index (χ1n) is 14.9. The highest BCUT2D eigenvalue weighted by Crippen LogP contribution is 2.56. The van der Waals surface area contributed by atoms with Gasteiger partial charge in [-0.1, -0.05) is 119 Å². The van der Waals surface area contributed by atoms with E-state index in [0.717, 1.165) is 5.75 Å². The average Bonchev–Trinajstić information content (AvgIpc) is 3.44. The number of fused-ring (bicyclic) bond motifs is 2. The van der Waals surface area contributed by atoms with Crippen LogP contribution in [0.5, 0.6) is 5.75 Å². The Kier molecular flexibility index (Phi) is 6.74. The standard InChI is InChI=1S/C39H42OSi/c1-23-10-12-29(13-11-23)32-19-26(4)20-35-33(32)21-27(5)38(35)41(8,9)39-28(6)22-34-31(14-15-36(40-7)37(34)39)30-17-24(2)16-25(3)18-30/h10-22,38-39H,1-9H3. The molecular formula is C39H42OSi. The lowest BCUT2D eigenvalue weighted by molar-refractivity contribution is 0.410. The third kappa shape index (κ3) is 4.53. The summed E-state index contributed by atoms with van der Waals surface area (Å²) in [7, 11) is -0.200. The molecule has 2 heteroatoms. The largest absolute Gasteiger partial charge is 0.496 e. The second-order valence-corrected chi connectivity index (χ2v) is 18.0. The molecule has 0 aliphatic heterocycles. The number of allylic oxidation sites excluding steroid dienone is 2. The molecule has 0 radical (unpaired) electrons. The number of aryl methyl sites for hydroxylation is 4. The summed E-state index contributed by atoms with van der Waals surface area (Å²) in [5, 5.41) is 0. The van der Waals surface area contributed by atoms with Gasteiger partial charge in [-0.2, -0.15) is 0 Å². The molecule has 0 saturated heterocycles. The van der Waals surface area contributed by atoms with Crippen LogP contribution >= 0.6 is 0 Å². The topological polar surface area (TPSA) is 9.23 Å². The Bertz CT molecular complexity index is 1730. The van der Waals surface area contributed by atoms with E-state index in [4.69, 9.17) is 4.74 Å². The van der Waals surface area contributed by atoms with E-state index in [1.54, 1.807) is 0 Å². The van der Waals surface area contributed by atoms with E-state index >= 15 is 0 Å². The van der Waals surface area contributed by atoms with Crippen LogP contribution in [0.1, 0.15) is 69.4 Å². The average molecular weight is 555 g/mol. The van der Waals surface area contributed by atoms with Crippen molar-refractivity contribution in [3.8, 4) is 28.0 Å². The molecule has 0 heterocycles. The van der Waals surface area contributed by atoms with Crippen LogP contribution in [0.15, 0.2) is 77.9 Å². The minimum Gasteiger partial charge on any atom is -0.496 e. The molecule has 0 amide bonds. The van der Waals surface area contributed by atoms with Gasteiger partial charge in [0.2, 0.25) is 0 Å². The molecular weight excluding hydrogens is 513 g/mol. The minimum atomic E-state index is -2.03. The van der Waals surface area contributed by atoms with Crippen molar-refractivity contribution in [2.75, 3.05) is 7.11 Å². The van der Waals surface area contributed by atoms with Crippen LogP contribution in [0.3, 0.4) is 0 Å². The van der Waals surface area contributed by atoms with Crippen molar-refractivity contribution >= 4 is 20.2 Å². The van der Waals surface area contributed by atoms with Gasteiger partial charge in [-0.05, 0) is 86.6 Å². The van der Waals surface area contributed by atoms with Crippen molar-refractivity contribution in [2.24, 2.45) is 0 Å². The number of hydrogen-bond donors (Lipinski definition) is 0. The molecule has 208 valence electrons. The molecule has 2 aliphatic rings. The lowest BCUT2D eigenvalue weighted by Gasteiger charge is -2.39. The molecule has 2 unspecified atom stereocenters. The number of methoxy groups -OCH3 is 1. The second-order valence-electron chi connectivity index (χ2n) is 13.2. The summed E-state index contributed by atoms with van der Waals surface area (Å²) < 4.78 is 6.11. The van der Waals surface area contributed by atoms with Gasteiger partial charge in [0.15, 0.2) is 0 Å². The molecule has 0 aromatic heterocycles. The van der Waals surface area contributed by atoms with Gasteiger partial charge < -0.3 is 4.74 Å². The quantitative estimate of drug-likeness (QED) is 0.223. The monoisotopic (exact) mass is 554 g/mol. The van der Waals surface area contributed by atoms with Crippen LogP contribution in [0.25, 0.3) is 34.4 Å². The Morgan fingerprint density at radius 1 is 0.561 bits per heavy atom. The smallest absolute Gasteiger partial charge is 0.123 e. The van der Waals surface area contributed by atoms with E-state index in [-0.39, 0.29) is 0 Å². The van der Waals surface area contributed by atoms with Gasteiger partial charge >= 0.3 is 0 Å². The molecule has 2 aliphatic carbocycles. The van der Waals surface area contributed by atoms with Gasteiger partial charge in [0.1, 0.15) is 5.75 Å². The summed E-state index contributed by atoms with van der Waals surface area (Å²) in [5.41, 5.74) is 20.0. The number of benzene rings is 4. The van der Waals surface area contributed by atoms with Gasteiger partial charge in [-0.25, -0.2) is 0 Å². The number of rotatable bonds is 5. The summed E-state index contributed by atoms with van der Waals surface area (Å²) in [6.07, 6.45) is 4.95. The maximum Gasteiger partial charge on any atom is 0.123 e. The highest BCUT2D eigenvalue weighted by Gasteiger charge is 2.48. The van der Waals surface area contributed by atoms with Crippen LogP contribution in [0.4, 0.5) is 0 Å². The predicted molar refractivity (Wildman–Crippen MR) is 180 cm³/mol. The molecule has 0 saturated carbocycles. The fourth-order valence-corrected chi connectivity index (χ4v) is 13.0. The second kappa shape index (κ2) is 10.0. The third-order valence-electron chi connectivity index (χ3n) is 9.46. The lowest BCUT2D eigenvalue weighted by Crippen LogP contribution is -2.42. The van der Waals surface area contributed by atoms with Gasteiger partial charge in [0, 0.05) is 16.6 Å². The Morgan fingerprint density at radius 2 is 1.17 bits per heavy atom. The zero-order valence-electron chi connectivity index (χ0n) is 26.1. The van der Waals surface area contributed by atoms with Gasteiger partial charge in [0.25, 0.3) is 0 Å². The lowest BCUT2D eigenvalue weighted by atomic mass is 9.94. The maximum absolute atomic E-state index is 6.11. The molecule has 0 bridgehead atoms. The van der Waals surface area contributed by atoms with Gasteiger partial charge in [-0.3, -0.25) is 0 Å². The molecule has 2 atom stereocenters. The predicted octanol–water partition coefficient (Wildman–Crippen LogP) is 10.8. The van der Waals surface area contributed by atoms with Gasteiger partial charge in [-0.15, -0.1) is 0 Å². The molecule has 0 N–H and O–H groups in total. The van der Waals surface area contributed by atoms with Crippen LogP contribution in [-0.2, 0) is 0 Å². The van der Waals surface area contributed by atoms with Crippen molar-refractivity contribution < 1.29 is 4.74 Å². The van der Waals surface area contributed by atoms with Crippen LogP contribution in [-0.4, -0.2) is 15.2 Å². The Balaban J connectivity index is 1.51. The maximum atomic E-state index is 6.11. The molecule has 6 rings (SSSR count). The normalized spacial score (nSPS) is 17.7. The van der Waals surface area contributed by atoms with Crippen molar-refractivity contribution in [2.45, 2.75) is 65.7 Å². The molecule has 1 nitrogen and oxygen atoms in total. The van der Waals surface area contributed by atoms with Crippen LogP contribution < -0.4 is 4.74 Å². The van der Waals surface area contributed by atoms with Gasteiger partial charge in [0.05, 0.1) is 15.2 Å². The van der Waals surface area contributed by atoms with E-state index in [9.17, 15) is 0 Å². The van der Waals surface area contributed by atoms with Crippen LogP contribution in [0, 0.1) is 27.7 Å². The number of hydrogen-bond acceptors (Lipinski definition) is 1. The highest BCUT2D eigenvalue weighted by molar-refractivity contribution is 6.81. The molecule has 41 heavy (non-hydrogen) atoms. The van der Waals surface area contributed by atoms with E-state index in [2.05, 4.69) is 134 Å². The third-order valence-corrected chi connectivity index (χ3v) is 13.9. The first-order chi connectivity index (χ1) is 19.5. The Hall–Kier alpha value is -3.62. The summed E-state index contributed by atoms with van der Waals surface area (Å²) in [4.78, 5) is 0. The Morgan fingerprint density at radius 3 is 1.83 bits per heavy atom. The molecule has 4 aromatic carbocycles. The zero-order valence-corrected chi connectivity index (χ0v) is 27.1. The Labute approximate surface area is 247 Å². The fraction of sp³-hybridized carbons (Fsp3) is 0.282. The highest BCUT2D eigenvalue weighted by atomic mass is 28.3. The number of ether oxygens (including phenoxy) is 1. The van der Waals surface area contributed by atoms with Crippen LogP contribution in [0.2, 0.25) is 13.1 Å². The summed E-state index contributed by atoms with van der Waals surface area (Å²) in [5.74, 6) is 1.02. The summed E-state index contributed by atoms with van der Waals surface area (Å²) in [6.45, 7) is 18.7. The van der Waals surface area contributed by atoms with Crippen molar-refractivity contribution in [1.29, 1.82) is 0 Å². The molecule has 0 fully saturated rings. The summed E-state index contributed by atoms with van der Waals surface area (Å²) >= 11 is 0. The minimum absolute atomic E-state index is 0.376. The SMILES string of the molecule is COc1ccc(-c2cc(C)cc(C)c2)c2c1C([Si](C)(C)C1C(C)=Cc3c(-c4ccc(C)cc4)cc(C)cc31)C(C)=C2. The van der Waals surface area contributed by atoms with Crippen molar-refractivity contribution in [3.05, 3.63) is 122 Å². The molecule has 0 spiro atoms. The van der Waals surface area contributed by atoms with E-state index in [1.165, 1.54) is 77.9 Å². The van der Waals surface area contributed by atoms with Crippen molar-refractivity contribution in [1.82, 2.24) is 0 Å². The first-order valence-corrected chi connectivity index (χ1v) is 18.0. The van der Waals surface area contributed by atoms with E-state index in [0.29, 0.717) is 11.1 Å². The molecule has 4 aromatic rings.